The molecule has 0 saturated carbocycles. The minimum absolute atomic E-state index is 0.290. The van der Waals surface area contributed by atoms with Crippen LogP contribution in [0.3, 0.4) is 0 Å². The number of nitrogens with one attached hydrogen (secondary N) is 2. The van der Waals surface area contributed by atoms with Crippen molar-refractivity contribution in [2.45, 2.75) is 17.6 Å². The molecule has 0 saturated heterocycles. The molecule has 2 N–H and O–H groups in total. The van der Waals surface area contributed by atoms with Crippen molar-refractivity contribution in [3.63, 3.8) is 0 Å². The van der Waals surface area contributed by atoms with Gasteiger partial charge in [0, 0.05) is 16.3 Å². The highest BCUT2D eigenvalue weighted by atomic mass is 32.2. The minimum Gasteiger partial charge on any atom is -0.353 e. The Morgan fingerprint density at radius 3 is 2.28 bits per heavy atom. The molecule has 3 aromatic rings. The number of hydrogen-bond acceptors (Lipinski definition) is 4. The molecular weight excluding hydrogens is 359 g/mol. The molecule has 0 aliphatic carbocycles. The summed E-state index contributed by atoms with van der Waals surface area (Å²) >= 11 is 1.26. The van der Waals surface area contributed by atoms with Gasteiger partial charge in [-0.1, -0.05) is 19.1 Å². The monoisotopic (exact) mass is 376 g/mol. The highest BCUT2D eigenvalue weighted by Crippen LogP contribution is 2.26. The first kappa shape index (κ1) is 17.4. The van der Waals surface area contributed by atoms with E-state index < -0.39 is 10.0 Å². The fourth-order valence-corrected chi connectivity index (χ4v) is 4.59. The van der Waals surface area contributed by atoms with Gasteiger partial charge in [0.05, 0.1) is 5.69 Å². The van der Waals surface area contributed by atoms with Crippen LogP contribution in [0.25, 0.3) is 0 Å². The van der Waals surface area contributed by atoms with E-state index in [9.17, 15) is 12.8 Å². The molecule has 2 aromatic carbocycles. The molecular formula is C18H17FN2O2S2. The van der Waals surface area contributed by atoms with Crippen LogP contribution in [0, 0.1) is 5.82 Å². The van der Waals surface area contributed by atoms with E-state index in [4.69, 9.17) is 0 Å². The van der Waals surface area contributed by atoms with Crippen LogP contribution in [-0.4, -0.2) is 8.42 Å². The van der Waals surface area contributed by atoms with Gasteiger partial charge in [-0.3, -0.25) is 4.72 Å². The van der Waals surface area contributed by atoms with Gasteiger partial charge in [-0.25, -0.2) is 12.8 Å². The Bertz CT molecular complexity index is 967. The lowest BCUT2D eigenvalue weighted by atomic mass is 10.2. The average molecular weight is 376 g/mol. The van der Waals surface area contributed by atoms with E-state index in [1.165, 1.54) is 17.4 Å². The van der Waals surface area contributed by atoms with E-state index in [0.717, 1.165) is 11.3 Å². The fourth-order valence-electron chi connectivity index (χ4n) is 2.24. The van der Waals surface area contributed by atoms with Crippen LogP contribution in [0.4, 0.5) is 21.5 Å². The third-order valence-electron chi connectivity index (χ3n) is 3.54. The van der Waals surface area contributed by atoms with E-state index >= 15 is 0 Å². The van der Waals surface area contributed by atoms with Crippen LogP contribution in [0.2, 0.25) is 0 Å². The maximum Gasteiger partial charge on any atom is 0.271 e. The smallest absolute Gasteiger partial charge is 0.271 e. The summed E-state index contributed by atoms with van der Waals surface area (Å²) in [5.41, 5.74) is 1.48. The van der Waals surface area contributed by atoms with Crippen molar-refractivity contribution in [3.05, 3.63) is 71.4 Å². The number of para-hydroxylation sites is 1. The number of sulfonamides is 1. The quantitative estimate of drug-likeness (QED) is 0.637. The number of aryl methyl sites for hydroxylation is 1. The van der Waals surface area contributed by atoms with Crippen LogP contribution < -0.4 is 10.0 Å². The molecule has 0 atom stereocenters. The summed E-state index contributed by atoms with van der Waals surface area (Å²) in [5, 5.41) is 2.95. The van der Waals surface area contributed by atoms with Gasteiger partial charge in [0.2, 0.25) is 0 Å². The molecule has 4 nitrogen and oxygen atoms in total. The van der Waals surface area contributed by atoms with Gasteiger partial charge >= 0.3 is 0 Å². The van der Waals surface area contributed by atoms with E-state index in [1.54, 1.807) is 48.5 Å². The molecule has 1 aromatic heterocycles. The lowest BCUT2D eigenvalue weighted by Gasteiger charge is -2.10. The predicted octanol–water partition coefficient (Wildman–Crippen LogP) is 4.99. The number of benzene rings is 2. The molecule has 25 heavy (non-hydrogen) atoms. The van der Waals surface area contributed by atoms with E-state index in [2.05, 4.69) is 10.0 Å². The molecule has 0 spiro atoms. The van der Waals surface area contributed by atoms with Crippen molar-refractivity contribution in [3.8, 4) is 0 Å². The number of rotatable bonds is 6. The Hall–Kier alpha value is -2.38. The normalized spacial score (nSPS) is 11.3. The van der Waals surface area contributed by atoms with E-state index in [0.29, 0.717) is 17.1 Å². The van der Waals surface area contributed by atoms with Crippen molar-refractivity contribution in [1.29, 1.82) is 0 Å². The Morgan fingerprint density at radius 2 is 1.64 bits per heavy atom. The molecule has 0 aliphatic heterocycles. The molecule has 3 rings (SSSR count). The first-order valence-corrected chi connectivity index (χ1v) is 10.0. The lowest BCUT2D eigenvalue weighted by molar-refractivity contribution is 0.603. The summed E-state index contributed by atoms with van der Waals surface area (Å²) in [6.45, 7) is 1.98. The zero-order chi connectivity index (χ0) is 17.9. The van der Waals surface area contributed by atoms with Gasteiger partial charge in [0.25, 0.3) is 10.0 Å². The van der Waals surface area contributed by atoms with Gasteiger partial charge in [-0.05, 0) is 55.0 Å². The van der Waals surface area contributed by atoms with Crippen LogP contribution in [0.15, 0.2) is 64.9 Å². The summed E-state index contributed by atoms with van der Waals surface area (Å²) in [6.07, 6.45) is 0.802. The Labute approximate surface area is 150 Å². The molecule has 1 heterocycles. The van der Waals surface area contributed by atoms with Crippen LogP contribution in [0.1, 0.15) is 11.8 Å². The minimum atomic E-state index is -3.59. The van der Waals surface area contributed by atoms with Crippen molar-refractivity contribution < 1.29 is 12.8 Å². The Balaban J connectivity index is 1.73. The third-order valence-corrected chi connectivity index (χ3v) is 6.64. The summed E-state index contributed by atoms with van der Waals surface area (Å²) in [4.78, 5) is 1.02. The molecule has 0 aliphatic rings. The topological polar surface area (TPSA) is 58.2 Å². The SMILES string of the molecule is CCc1ccc(S(=O)(=O)Nc2ccc(Nc3ccccc3F)cc2)s1. The first-order valence-electron chi connectivity index (χ1n) is 7.71. The van der Waals surface area contributed by atoms with Crippen LogP contribution >= 0.6 is 11.3 Å². The van der Waals surface area contributed by atoms with Gasteiger partial charge in [-0.2, -0.15) is 0 Å². The fraction of sp³-hybridized carbons (Fsp3) is 0.111. The van der Waals surface area contributed by atoms with Crippen molar-refractivity contribution in [2.75, 3.05) is 10.0 Å². The maximum atomic E-state index is 13.6. The second-order valence-corrected chi connectivity index (χ2v) is 8.44. The average Bonchev–Trinajstić information content (AvgIpc) is 3.09. The molecule has 0 bridgehead atoms. The largest absolute Gasteiger partial charge is 0.353 e. The number of hydrogen-bond donors (Lipinski definition) is 2. The molecule has 130 valence electrons. The van der Waals surface area contributed by atoms with Gasteiger partial charge in [0.15, 0.2) is 0 Å². The summed E-state index contributed by atoms with van der Waals surface area (Å²) < 4.78 is 41.3. The van der Waals surface area contributed by atoms with Crippen LogP contribution in [0.5, 0.6) is 0 Å². The number of thiophene rings is 1. The maximum absolute atomic E-state index is 13.6. The summed E-state index contributed by atoms with van der Waals surface area (Å²) in [7, 11) is -3.59. The third kappa shape index (κ3) is 4.18. The highest BCUT2D eigenvalue weighted by molar-refractivity contribution is 7.94. The zero-order valence-electron chi connectivity index (χ0n) is 13.5. The number of halogens is 1. The first-order chi connectivity index (χ1) is 12.0. The van der Waals surface area contributed by atoms with Gasteiger partial charge < -0.3 is 5.32 Å². The van der Waals surface area contributed by atoms with Crippen molar-refractivity contribution >= 4 is 38.4 Å². The lowest BCUT2D eigenvalue weighted by Crippen LogP contribution is -2.11. The van der Waals surface area contributed by atoms with E-state index in [1.807, 2.05) is 13.0 Å². The molecule has 0 amide bonds. The second-order valence-electron chi connectivity index (χ2n) is 5.36. The highest BCUT2D eigenvalue weighted by Gasteiger charge is 2.16. The van der Waals surface area contributed by atoms with Gasteiger partial charge in [0.1, 0.15) is 10.0 Å². The molecule has 0 radical (unpaired) electrons. The molecule has 7 heteroatoms. The Kier molecular flexibility index (Phi) is 5.06. The number of anilines is 3. The van der Waals surface area contributed by atoms with E-state index in [-0.39, 0.29) is 10.0 Å². The molecule has 0 fully saturated rings. The standard InChI is InChI=1S/C18H17FN2O2S2/c1-2-15-11-12-18(24-15)25(22,23)21-14-9-7-13(8-10-14)20-17-6-4-3-5-16(17)19/h3-12,20-21H,2H2,1H3. The summed E-state index contributed by atoms with van der Waals surface area (Å²) in [6, 6.07) is 16.4. The molecule has 0 unspecified atom stereocenters. The van der Waals surface area contributed by atoms with Crippen LogP contribution in [-0.2, 0) is 16.4 Å². The Morgan fingerprint density at radius 1 is 0.960 bits per heavy atom. The second kappa shape index (κ2) is 7.25. The predicted molar refractivity (Wildman–Crippen MR) is 101 cm³/mol. The zero-order valence-corrected chi connectivity index (χ0v) is 15.1. The summed E-state index contributed by atoms with van der Waals surface area (Å²) in [5.74, 6) is -0.350. The van der Waals surface area contributed by atoms with Crippen molar-refractivity contribution in [1.82, 2.24) is 0 Å². The van der Waals surface area contributed by atoms with Gasteiger partial charge in [-0.15, -0.1) is 11.3 Å². The van der Waals surface area contributed by atoms with Crippen molar-refractivity contribution in [2.24, 2.45) is 0 Å².